The maximum atomic E-state index is 13.6. The van der Waals surface area contributed by atoms with E-state index in [0.29, 0.717) is 55.2 Å². The zero-order valence-corrected chi connectivity index (χ0v) is 25.3. The fourth-order valence-corrected chi connectivity index (χ4v) is 6.02. The molecule has 2 fully saturated rings. The summed E-state index contributed by atoms with van der Waals surface area (Å²) in [5.41, 5.74) is 4.83. The Labute approximate surface area is 256 Å². The smallest absolute Gasteiger partial charge is 0.255 e. The third-order valence-corrected chi connectivity index (χ3v) is 8.74. The Kier molecular flexibility index (Phi) is 8.78. The molecule has 10 nitrogen and oxygen atoms in total. The Balaban J connectivity index is 1.13. The molecule has 6 rings (SSSR count). The SMILES string of the molecule is C[C@H](C(=O)N[C@H](C)c1cccc(N2CCOCC2)c1)N1Cc2ccc(-c3nc(NC4CCOCC4)ncc3Cl)cc2C1=O. The fourth-order valence-electron chi connectivity index (χ4n) is 5.82. The van der Waals surface area contributed by atoms with Crippen molar-refractivity contribution < 1.29 is 19.1 Å². The minimum Gasteiger partial charge on any atom is -0.381 e. The highest BCUT2D eigenvalue weighted by molar-refractivity contribution is 6.33. The summed E-state index contributed by atoms with van der Waals surface area (Å²) >= 11 is 6.51. The maximum absolute atomic E-state index is 13.6. The van der Waals surface area contributed by atoms with Crippen LogP contribution in [0.15, 0.2) is 48.7 Å². The van der Waals surface area contributed by atoms with Crippen molar-refractivity contribution in [1.29, 1.82) is 0 Å². The summed E-state index contributed by atoms with van der Waals surface area (Å²) in [6.45, 7) is 8.62. The zero-order valence-electron chi connectivity index (χ0n) is 24.5. The van der Waals surface area contributed by atoms with Crippen molar-refractivity contribution in [2.75, 3.05) is 49.7 Å². The molecule has 2 atom stereocenters. The molecule has 3 aliphatic heterocycles. The summed E-state index contributed by atoms with van der Waals surface area (Å²) in [6.07, 6.45) is 3.35. The number of carbonyl (C=O) groups is 2. The van der Waals surface area contributed by atoms with Crippen molar-refractivity contribution in [1.82, 2.24) is 20.2 Å². The van der Waals surface area contributed by atoms with Gasteiger partial charge in [0.15, 0.2) is 0 Å². The molecule has 3 aliphatic rings. The van der Waals surface area contributed by atoms with Gasteiger partial charge in [0.05, 0.1) is 36.2 Å². The van der Waals surface area contributed by atoms with Gasteiger partial charge in [0.2, 0.25) is 11.9 Å². The molecule has 43 heavy (non-hydrogen) atoms. The van der Waals surface area contributed by atoms with E-state index >= 15 is 0 Å². The highest BCUT2D eigenvalue weighted by atomic mass is 35.5. The van der Waals surface area contributed by atoms with E-state index in [4.69, 9.17) is 21.1 Å². The van der Waals surface area contributed by atoms with E-state index in [1.165, 1.54) is 0 Å². The van der Waals surface area contributed by atoms with Crippen LogP contribution < -0.4 is 15.5 Å². The van der Waals surface area contributed by atoms with Crippen molar-refractivity contribution in [2.24, 2.45) is 0 Å². The lowest BCUT2D eigenvalue weighted by molar-refractivity contribution is -0.125. The molecular formula is C32H37ClN6O4. The first kappa shape index (κ1) is 29.3. The number of carbonyl (C=O) groups excluding carboxylic acids is 2. The lowest BCUT2D eigenvalue weighted by Gasteiger charge is -2.30. The molecule has 0 saturated carbocycles. The Bertz CT molecular complexity index is 1490. The van der Waals surface area contributed by atoms with E-state index in [2.05, 4.69) is 37.6 Å². The van der Waals surface area contributed by atoms with Crippen LogP contribution in [0.25, 0.3) is 11.3 Å². The number of nitrogens with one attached hydrogen (secondary N) is 2. The molecule has 0 unspecified atom stereocenters. The summed E-state index contributed by atoms with van der Waals surface area (Å²) in [5, 5.41) is 6.88. The molecule has 2 aromatic carbocycles. The van der Waals surface area contributed by atoms with E-state index in [1.807, 2.05) is 37.3 Å². The van der Waals surface area contributed by atoms with E-state index < -0.39 is 6.04 Å². The lowest BCUT2D eigenvalue weighted by atomic mass is 10.0. The van der Waals surface area contributed by atoms with E-state index in [9.17, 15) is 9.59 Å². The third-order valence-electron chi connectivity index (χ3n) is 8.47. The van der Waals surface area contributed by atoms with Crippen LogP contribution in [-0.2, 0) is 20.8 Å². The summed E-state index contributed by atoms with van der Waals surface area (Å²) < 4.78 is 10.9. The van der Waals surface area contributed by atoms with Crippen LogP contribution in [0.4, 0.5) is 11.6 Å². The molecule has 0 spiro atoms. The number of hydrogen-bond acceptors (Lipinski definition) is 8. The Hall–Kier alpha value is -3.73. The molecule has 1 aromatic heterocycles. The quantitative estimate of drug-likeness (QED) is 0.388. The van der Waals surface area contributed by atoms with Crippen LogP contribution in [0.2, 0.25) is 5.02 Å². The number of morpholine rings is 1. The number of nitrogens with zero attached hydrogens (tertiary/aromatic N) is 4. The summed E-state index contributed by atoms with van der Waals surface area (Å²) in [6, 6.07) is 13.2. The second kappa shape index (κ2) is 12.9. The number of aromatic nitrogens is 2. The number of amides is 2. The van der Waals surface area contributed by atoms with Gasteiger partial charge in [-0.1, -0.05) is 35.9 Å². The number of rotatable bonds is 8. The average Bonchev–Trinajstić information content (AvgIpc) is 3.37. The fraction of sp³-hybridized carbons (Fsp3) is 0.438. The van der Waals surface area contributed by atoms with E-state index in [-0.39, 0.29) is 23.9 Å². The van der Waals surface area contributed by atoms with Crippen LogP contribution in [-0.4, -0.2) is 78.3 Å². The minimum atomic E-state index is -0.647. The predicted molar refractivity (Wildman–Crippen MR) is 165 cm³/mol. The Morgan fingerprint density at radius 2 is 1.81 bits per heavy atom. The van der Waals surface area contributed by atoms with Crippen molar-refractivity contribution in [2.45, 2.75) is 51.4 Å². The van der Waals surface area contributed by atoms with Crippen LogP contribution in [0.1, 0.15) is 54.2 Å². The van der Waals surface area contributed by atoms with Gasteiger partial charge in [-0.15, -0.1) is 0 Å². The average molecular weight is 605 g/mol. The third kappa shape index (κ3) is 6.46. The van der Waals surface area contributed by atoms with Gasteiger partial charge in [-0.25, -0.2) is 9.97 Å². The summed E-state index contributed by atoms with van der Waals surface area (Å²) in [5.74, 6) is 0.107. The first-order chi connectivity index (χ1) is 20.9. The Morgan fingerprint density at radius 1 is 1.05 bits per heavy atom. The van der Waals surface area contributed by atoms with Gasteiger partial charge in [-0.05, 0) is 56.0 Å². The minimum absolute atomic E-state index is 0.188. The molecule has 11 heteroatoms. The number of anilines is 2. The molecule has 0 radical (unpaired) electrons. The van der Waals surface area contributed by atoms with Crippen LogP contribution in [0.3, 0.4) is 0 Å². The van der Waals surface area contributed by atoms with Gasteiger partial charge in [-0.2, -0.15) is 0 Å². The summed E-state index contributed by atoms with van der Waals surface area (Å²) in [4.78, 5) is 39.8. The van der Waals surface area contributed by atoms with Crippen LogP contribution >= 0.6 is 11.6 Å². The highest BCUT2D eigenvalue weighted by Crippen LogP contribution is 2.33. The number of ether oxygens (including phenoxy) is 2. The van der Waals surface area contributed by atoms with E-state index in [0.717, 1.165) is 48.3 Å². The number of benzene rings is 2. The largest absolute Gasteiger partial charge is 0.381 e. The van der Waals surface area contributed by atoms with Gasteiger partial charge >= 0.3 is 0 Å². The van der Waals surface area contributed by atoms with Crippen molar-refractivity contribution in [3.63, 3.8) is 0 Å². The number of halogens is 1. The molecular weight excluding hydrogens is 568 g/mol. The van der Waals surface area contributed by atoms with Gasteiger partial charge < -0.3 is 29.9 Å². The van der Waals surface area contributed by atoms with Crippen molar-refractivity contribution in [3.05, 3.63) is 70.4 Å². The molecule has 4 heterocycles. The highest BCUT2D eigenvalue weighted by Gasteiger charge is 2.35. The van der Waals surface area contributed by atoms with Gasteiger partial charge in [0.25, 0.3) is 5.91 Å². The van der Waals surface area contributed by atoms with Crippen LogP contribution in [0.5, 0.6) is 0 Å². The van der Waals surface area contributed by atoms with Gasteiger partial charge in [0.1, 0.15) is 6.04 Å². The molecule has 2 saturated heterocycles. The standard InChI is InChI=1S/C32H37ClN6O4/c1-20(22-4-3-5-26(16-22)38-10-14-43-15-11-38)35-30(40)21(2)39-19-24-7-6-23(17-27(24)31(39)41)29-28(33)18-34-32(37-29)36-25-8-12-42-13-9-25/h3-7,16-18,20-21,25H,8-15,19H2,1-2H3,(H,35,40)(H,34,36,37)/t20-,21-/m1/s1. The van der Waals surface area contributed by atoms with Crippen LogP contribution in [0, 0.1) is 0 Å². The van der Waals surface area contributed by atoms with E-state index in [1.54, 1.807) is 18.0 Å². The number of fused-ring (bicyclic) bond motifs is 1. The first-order valence-corrected chi connectivity index (χ1v) is 15.3. The predicted octanol–water partition coefficient (Wildman–Crippen LogP) is 4.45. The van der Waals surface area contributed by atoms with Gasteiger partial charge in [0, 0.05) is 55.7 Å². The van der Waals surface area contributed by atoms with Crippen molar-refractivity contribution in [3.8, 4) is 11.3 Å². The molecule has 3 aromatic rings. The number of hydrogen-bond donors (Lipinski definition) is 2. The second-order valence-corrected chi connectivity index (χ2v) is 11.7. The van der Waals surface area contributed by atoms with Crippen molar-refractivity contribution >= 4 is 35.1 Å². The maximum Gasteiger partial charge on any atom is 0.255 e. The van der Waals surface area contributed by atoms with Gasteiger partial charge in [-0.3, -0.25) is 9.59 Å². The zero-order chi connectivity index (χ0) is 29.9. The molecule has 2 amide bonds. The topological polar surface area (TPSA) is 109 Å². The first-order valence-electron chi connectivity index (χ1n) is 14.9. The summed E-state index contributed by atoms with van der Waals surface area (Å²) in [7, 11) is 0. The molecule has 226 valence electrons. The molecule has 2 N–H and O–H groups in total. The lowest BCUT2D eigenvalue weighted by Crippen LogP contribution is -2.45. The Morgan fingerprint density at radius 3 is 2.60 bits per heavy atom. The normalized spacial score (nSPS) is 18.7. The monoisotopic (exact) mass is 604 g/mol. The molecule has 0 bridgehead atoms. The second-order valence-electron chi connectivity index (χ2n) is 11.3. The molecule has 0 aliphatic carbocycles.